The molecule has 0 heterocycles. The van der Waals surface area contributed by atoms with Crippen molar-refractivity contribution in [3.8, 4) is 0 Å². The first-order chi connectivity index (χ1) is 9.52. The highest BCUT2D eigenvalue weighted by atomic mass is 16.4. The predicted octanol–water partition coefficient (Wildman–Crippen LogP) is 1.32. The molecule has 0 fully saturated rings. The maximum absolute atomic E-state index is 11.7. The molecule has 1 amide bonds. The largest absolute Gasteiger partial charge is 0.481 e. The fourth-order valence-electron chi connectivity index (χ4n) is 1.71. The van der Waals surface area contributed by atoms with E-state index in [1.807, 2.05) is 26.0 Å². The van der Waals surface area contributed by atoms with Crippen LogP contribution in [0, 0.1) is 0 Å². The van der Waals surface area contributed by atoms with Crippen molar-refractivity contribution in [3.05, 3.63) is 35.4 Å². The van der Waals surface area contributed by atoms with Crippen LogP contribution >= 0.6 is 0 Å². The van der Waals surface area contributed by atoms with Gasteiger partial charge in [0.05, 0.1) is 12.5 Å². The fourth-order valence-corrected chi connectivity index (χ4v) is 1.71. The SMILES string of the molecule is CCCNC(=O)C(C)NCc1ccc(CC(=O)O)cc1. The van der Waals surface area contributed by atoms with Crippen LogP contribution in [0.1, 0.15) is 31.4 Å². The minimum Gasteiger partial charge on any atom is -0.481 e. The van der Waals surface area contributed by atoms with Crippen LogP contribution in [0.2, 0.25) is 0 Å². The molecule has 0 saturated carbocycles. The summed E-state index contributed by atoms with van der Waals surface area (Å²) >= 11 is 0. The number of aliphatic carboxylic acids is 1. The summed E-state index contributed by atoms with van der Waals surface area (Å²) in [4.78, 5) is 22.2. The lowest BCUT2D eigenvalue weighted by Gasteiger charge is -2.13. The molecule has 20 heavy (non-hydrogen) atoms. The van der Waals surface area contributed by atoms with Gasteiger partial charge in [0.1, 0.15) is 0 Å². The van der Waals surface area contributed by atoms with E-state index < -0.39 is 5.97 Å². The van der Waals surface area contributed by atoms with Gasteiger partial charge >= 0.3 is 5.97 Å². The number of amides is 1. The molecular weight excluding hydrogens is 256 g/mol. The van der Waals surface area contributed by atoms with E-state index >= 15 is 0 Å². The molecule has 0 aliphatic rings. The lowest BCUT2D eigenvalue weighted by atomic mass is 10.1. The van der Waals surface area contributed by atoms with E-state index in [0.717, 1.165) is 17.5 Å². The van der Waals surface area contributed by atoms with Gasteiger partial charge in [0.25, 0.3) is 0 Å². The molecule has 0 spiro atoms. The highest BCUT2D eigenvalue weighted by Crippen LogP contribution is 2.05. The highest BCUT2D eigenvalue weighted by molar-refractivity contribution is 5.81. The number of benzene rings is 1. The minimum atomic E-state index is -0.836. The van der Waals surface area contributed by atoms with Crippen LogP contribution < -0.4 is 10.6 Å². The summed E-state index contributed by atoms with van der Waals surface area (Å²) in [5.74, 6) is -0.841. The Labute approximate surface area is 119 Å². The Morgan fingerprint density at radius 1 is 1.20 bits per heavy atom. The molecule has 5 heteroatoms. The van der Waals surface area contributed by atoms with Crippen molar-refractivity contribution in [2.24, 2.45) is 0 Å². The van der Waals surface area contributed by atoms with Crippen molar-refractivity contribution in [2.75, 3.05) is 6.54 Å². The van der Waals surface area contributed by atoms with E-state index in [1.54, 1.807) is 12.1 Å². The molecule has 1 unspecified atom stereocenters. The van der Waals surface area contributed by atoms with Crippen molar-refractivity contribution in [1.29, 1.82) is 0 Å². The summed E-state index contributed by atoms with van der Waals surface area (Å²) in [6, 6.07) is 7.10. The monoisotopic (exact) mass is 278 g/mol. The molecule has 0 saturated heterocycles. The number of carboxylic acids is 1. The maximum atomic E-state index is 11.7. The standard InChI is InChI=1S/C15H22N2O3/c1-3-8-16-15(20)11(2)17-10-13-6-4-12(5-7-13)9-14(18)19/h4-7,11,17H,3,8-10H2,1-2H3,(H,16,20)(H,18,19). The van der Waals surface area contributed by atoms with Gasteiger partial charge in [0, 0.05) is 13.1 Å². The normalized spacial score (nSPS) is 11.9. The molecule has 0 aliphatic carbocycles. The van der Waals surface area contributed by atoms with Gasteiger partial charge in [-0.15, -0.1) is 0 Å². The van der Waals surface area contributed by atoms with E-state index in [-0.39, 0.29) is 18.4 Å². The lowest BCUT2D eigenvalue weighted by Crippen LogP contribution is -2.42. The van der Waals surface area contributed by atoms with E-state index in [4.69, 9.17) is 5.11 Å². The fraction of sp³-hybridized carbons (Fsp3) is 0.467. The Kier molecular flexibility index (Phi) is 6.73. The van der Waals surface area contributed by atoms with Gasteiger partial charge in [-0.2, -0.15) is 0 Å². The zero-order valence-corrected chi connectivity index (χ0v) is 12.0. The number of carbonyl (C=O) groups is 2. The summed E-state index contributed by atoms with van der Waals surface area (Å²) in [6.45, 7) is 5.10. The van der Waals surface area contributed by atoms with Crippen LogP contribution in [0.4, 0.5) is 0 Å². The number of nitrogens with one attached hydrogen (secondary N) is 2. The zero-order valence-electron chi connectivity index (χ0n) is 12.0. The lowest BCUT2D eigenvalue weighted by molar-refractivity contribution is -0.136. The molecule has 0 aromatic heterocycles. The number of carbonyl (C=O) groups excluding carboxylic acids is 1. The molecule has 0 bridgehead atoms. The third-order valence-corrected chi connectivity index (χ3v) is 2.93. The molecular formula is C15H22N2O3. The Morgan fingerprint density at radius 2 is 1.80 bits per heavy atom. The second-order valence-electron chi connectivity index (χ2n) is 4.78. The Bertz CT molecular complexity index is 443. The summed E-state index contributed by atoms with van der Waals surface area (Å²) in [6.07, 6.45) is 0.951. The molecule has 110 valence electrons. The molecule has 1 rings (SSSR count). The molecule has 0 radical (unpaired) electrons. The Hall–Kier alpha value is -1.88. The van der Waals surface area contributed by atoms with Crippen LogP contribution in [0.15, 0.2) is 24.3 Å². The number of carboxylic acid groups (broad SMARTS) is 1. The summed E-state index contributed by atoms with van der Waals surface area (Å²) in [5, 5.41) is 14.7. The maximum Gasteiger partial charge on any atom is 0.307 e. The third kappa shape index (κ3) is 5.84. The van der Waals surface area contributed by atoms with E-state index in [9.17, 15) is 9.59 Å². The second-order valence-corrected chi connectivity index (χ2v) is 4.78. The van der Waals surface area contributed by atoms with Crippen molar-refractivity contribution < 1.29 is 14.7 Å². The van der Waals surface area contributed by atoms with Gasteiger partial charge in [0.15, 0.2) is 0 Å². The molecule has 5 nitrogen and oxygen atoms in total. The highest BCUT2D eigenvalue weighted by Gasteiger charge is 2.10. The quantitative estimate of drug-likeness (QED) is 0.670. The first kappa shape index (κ1) is 16.2. The Balaban J connectivity index is 2.41. The number of hydrogen-bond acceptors (Lipinski definition) is 3. The zero-order chi connectivity index (χ0) is 15.0. The molecule has 1 atom stereocenters. The van der Waals surface area contributed by atoms with Crippen molar-refractivity contribution in [1.82, 2.24) is 10.6 Å². The Morgan fingerprint density at radius 3 is 2.35 bits per heavy atom. The second kappa shape index (κ2) is 8.32. The van der Waals surface area contributed by atoms with Gasteiger partial charge in [-0.05, 0) is 24.5 Å². The van der Waals surface area contributed by atoms with Crippen molar-refractivity contribution >= 4 is 11.9 Å². The van der Waals surface area contributed by atoms with Crippen molar-refractivity contribution in [3.63, 3.8) is 0 Å². The van der Waals surface area contributed by atoms with E-state index in [2.05, 4.69) is 10.6 Å². The van der Waals surface area contributed by atoms with Crippen LogP contribution in [0.5, 0.6) is 0 Å². The van der Waals surface area contributed by atoms with Crippen LogP contribution in [0.25, 0.3) is 0 Å². The smallest absolute Gasteiger partial charge is 0.307 e. The number of hydrogen-bond donors (Lipinski definition) is 3. The molecule has 1 aromatic rings. The van der Waals surface area contributed by atoms with E-state index in [0.29, 0.717) is 13.1 Å². The summed E-state index contributed by atoms with van der Waals surface area (Å²) in [7, 11) is 0. The topological polar surface area (TPSA) is 78.4 Å². The van der Waals surface area contributed by atoms with Gasteiger partial charge in [-0.3, -0.25) is 9.59 Å². The first-order valence-electron chi connectivity index (χ1n) is 6.83. The van der Waals surface area contributed by atoms with Crippen LogP contribution in [0.3, 0.4) is 0 Å². The molecule has 1 aromatic carbocycles. The molecule has 0 aliphatic heterocycles. The summed E-state index contributed by atoms with van der Waals surface area (Å²) in [5.41, 5.74) is 1.80. The average Bonchev–Trinajstić information content (AvgIpc) is 2.43. The van der Waals surface area contributed by atoms with Gasteiger partial charge in [-0.1, -0.05) is 31.2 Å². The minimum absolute atomic E-state index is 0.00523. The van der Waals surface area contributed by atoms with Gasteiger partial charge in [0.2, 0.25) is 5.91 Å². The van der Waals surface area contributed by atoms with E-state index in [1.165, 1.54) is 0 Å². The third-order valence-electron chi connectivity index (χ3n) is 2.93. The average molecular weight is 278 g/mol. The van der Waals surface area contributed by atoms with Gasteiger partial charge in [-0.25, -0.2) is 0 Å². The van der Waals surface area contributed by atoms with Gasteiger partial charge < -0.3 is 15.7 Å². The van der Waals surface area contributed by atoms with Crippen LogP contribution in [-0.4, -0.2) is 29.6 Å². The molecule has 3 N–H and O–H groups in total. The van der Waals surface area contributed by atoms with Crippen LogP contribution in [-0.2, 0) is 22.6 Å². The number of rotatable bonds is 8. The first-order valence-corrected chi connectivity index (χ1v) is 6.83. The predicted molar refractivity (Wildman–Crippen MR) is 77.4 cm³/mol. The summed E-state index contributed by atoms with van der Waals surface area (Å²) < 4.78 is 0. The van der Waals surface area contributed by atoms with Crippen molar-refractivity contribution in [2.45, 2.75) is 39.3 Å².